The van der Waals surface area contributed by atoms with Gasteiger partial charge in [0.15, 0.2) is 5.58 Å². The molecule has 2 aromatic carbocycles. The van der Waals surface area contributed by atoms with Gasteiger partial charge in [0.05, 0.1) is 23.0 Å². The highest BCUT2D eigenvalue weighted by Gasteiger charge is 2.16. The molecular weight excluding hydrogens is 372 g/mol. The molecule has 0 aliphatic rings. The molecule has 0 spiro atoms. The second-order valence-corrected chi connectivity index (χ2v) is 6.68. The van der Waals surface area contributed by atoms with Crippen LogP contribution >= 0.6 is 0 Å². The molecule has 1 N–H and O–H groups in total. The average Bonchev–Trinajstić information content (AvgIpc) is 3.05. The van der Waals surface area contributed by atoms with Crippen LogP contribution in [0, 0.1) is 0 Å². The molecule has 2 aromatic heterocycles. The number of rotatable bonds is 6. The number of para-hydroxylation sites is 3. The summed E-state index contributed by atoms with van der Waals surface area (Å²) < 4.78 is 6.66. The lowest BCUT2D eigenvalue weighted by Crippen LogP contribution is -2.33. The number of nitrogens with one attached hydrogen (secondary N) is 1. The van der Waals surface area contributed by atoms with Crippen molar-refractivity contribution < 1.29 is 9.21 Å². The lowest BCUT2D eigenvalue weighted by Gasteiger charge is -2.20. The van der Waals surface area contributed by atoms with Gasteiger partial charge in [0.2, 0.25) is 5.91 Å². The monoisotopic (exact) mass is 392 g/mol. The summed E-state index contributed by atoms with van der Waals surface area (Å²) in [6.45, 7) is 2.72. The molecule has 0 saturated heterocycles. The average molecular weight is 392 g/mol. The highest BCUT2D eigenvalue weighted by atomic mass is 16.4. The number of fused-ring (bicyclic) bond motifs is 2. The van der Waals surface area contributed by atoms with Crippen LogP contribution in [0.3, 0.4) is 0 Å². The molecular formula is C21H20N4O4. The molecule has 8 heteroatoms. The summed E-state index contributed by atoms with van der Waals surface area (Å²) in [6.07, 6.45) is 0.134. The Kier molecular flexibility index (Phi) is 4.99. The molecule has 8 nitrogen and oxygen atoms in total. The maximum atomic E-state index is 12.7. The minimum atomic E-state index is -0.484. The largest absolute Gasteiger partial charge is 0.419 e. The number of aromatic amines is 1. The van der Waals surface area contributed by atoms with Crippen molar-refractivity contribution in [3.05, 3.63) is 75.3 Å². The third-order valence-corrected chi connectivity index (χ3v) is 4.86. The van der Waals surface area contributed by atoms with E-state index in [2.05, 4.69) is 9.97 Å². The van der Waals surface area contributed by atoms with Crippen LogP contribution in [0.4, 0.5) is 0 Å². The highest BCUT2D eigenvalue weighted by molar-refractivity contribution is 5.78. The minimum absolute atomic E-state index is 0.134. The summed E-state index contributed by atoms with van der Waals surface area (Å²) >= 11 is 0. The molecule has 0 fully saturated rings. The molecule has 4 rings (SSSR count). The van der Waals surface area contributed by atoms with E-state index < -0.39 is 5.76 Å². The molecule has 0 unspecified atom stereocenters. The van der Waals surface area contributed by atoms with Crippen molar-refractivity contribution in [2.75, 3.05) is 6.54 Å². The van der Waals surface area contributed by atoms with Crippen LogP contribution in [-0.2, 0) is 17.9 Å². The van der Waals surface area contributed by atoms with Crippen LogP contribution < -0.4 is 11.3 Å². The van der Waals surface area contributed by atoms with Crippen LogP contribution in [0.25, 0.3) is 22.0 Å². The van der Waals surface area contributed by atoms with Gasteiger partial charge in [-0.05, 0) is 31.2 Å². The van der Waals surface area contributed by atoms with Gasteiger partial charge in [-0.2, -0.15) is 0 Å². The maximum absolute atomic E-state index is 12.7. The number of carbonyl (C=O) groups excluding carboxylic acids is 1. The number of hydrogen-bond acceptors (Lipinski definition) is 5. The topological polar surface area (TPSA) is 101 Å². The Morgan fingerprint density at radius 2 is 1.90 bits per heavy atom. The highest BCUT2D eigenvalue weighted by Crippen LogP contribution is 2.13. The lowest BCUT2D eigenvalue weighted by molar-refractivity contribution is -0.131. The number of H-pyrrole nitrogens is 1. The van der Waals surface area contributed by atoms with Crippen LogP contribution in [-0.4, -0.2) is 31.9 Å². The van der Waals surface area contributed by atoms with Crippen LogP contribution in [0.2, 0.25) is 0 Å². The molecule has 0 aliphatic heterocycles. The minimum Gasteiger partial charge on any atom is -0.408 e. The summed E-state index contributed by atoms with van der Waals surface area (Å²) in [5, 5.41) is 0.511. The van der Waals surface area contributed by atoms with Crippen molar-refractivity contribution in [3.8, 4) is 0 Å². The molecule has 148 valence electrons. The maximum Gasteiger partial charge on any atom is 0.419 e. The third kappa shape index (κ3) is 3.69. The number of nitrogens with zero attached hydrogens (tertiary/aromatic N) is 3. The van der Waals surface area contributed by atoms with Crippen molar-refractivity contribution in [3.63, 3.8) is 0 Å². The van der Waals surface area contributed by atoms with E-state index in [1.807, 2.05) is 19.1 Å². The summed E-state index contributed by atoms with van der Waals surface area (Å²) in [4.78, 5) is 45.8. The van der Waals surface area contributed by atoms with Crippen molar-refractivity contribution in [1.82, 2.24) is 19.4 Å². The zero-order valence-electron chi connectivity index (χ0n) is 15.9. The SMILES string of the molecule is CCN(Cc1nc2ccccc2c(=O)[nH]1)C(=O)CCn1c(=O)oc2ccccc21. The second kappa shape index (κ2) is 7.75. The Hall–Kier alpha value is -3.68. The van der Waals surface area contributed by atoms with E-state index in [4.69, 9.17) is 4.42 Å². The number of oxazole rings is 1. The van der Waals surface area contributed by atoms with E-state index in [0.29, 0.717) is 34.4 Å². The van der Waals surface area contributed by atoms with E-state index in [-0.39, 0.29) is 31.0 Å². The smallest absolute Gasteiger partial charge is 0.408 e. The molecule has 29 heavy (non-hydrogen) atoms. The van der Waals surface area contributed by atoms with E-state index in [1.165, 1.54) is 4.57 Å². The molecule has 0 bridgehead atoms. The first kappa shape index (κ1) is 18.7. The molecule has 2 heterocycles. The van der Waals surface area contributed by atoms with Crippen molar-refractivity contribution in [2.45, 2.75) is 26.4 Å². The van der Waals surface area contributed by atoms with E-state index in [0.717, 1.165) is 0 Å². The summed E-state index contributed by atoms with van der Waals surface area (Å²) in [5.74, 6) is -0.196. The van der Waals surface area contributed by atoms with Crippen molar-refractivity contribution in [2.24, 2.45) is 0 Å². The van der Waals surface area contributed by atoms with Gasteiger partial charge in [0.1, 0.15) is 5.82 Å². The van der Waals surface area contributed by atoms with Crippen LogP contribution in [0.1, 0.15) is 19.2 Å². The predicted molar refractivity (Wildman–Crippen MR) is 109 cm³/mol. The van der Waals surface area contributed by atoms with Crippen LogP contribution in [0.15, 0.2) is 62.5 Å². The Morgan fingerprint density at radius 1 is 1.14 bits per heavy atom. The fraction of sp³-hybridized carbons (Fsp3) is 0.238. The zero-order chi connectivity index (χ0) is 20.4. The molecule has 0 radical (unpaired) electrons. The number of amides is 1. The summed E-state index contributed by atoms with van der Waals surface area (Å²) in [5.41, 5.74) is 1.51. The van der Waals surface area contributed by atoms with Gasteiger partial charge >= 0.3 is 5.76 Å². The summed E-state index contributed by atoms with van der Waals surface area (Å²) in [7, 11) is 0. The third-order valence-electron chi connectivity index (χ3n) is 4.86. The Morgan fingerprint density at radius 3 is 2.72 bits per heavy atom. The molecule has 0 saturated carbocycles. The fourth-order valence-corrected chi connectivity index (χ4v) is 3.36. The second-order valence-electron chi connectivity index (χ2n) is 6.68. The van der Waals surface area contributed by atoms with E-state index in [1.54, 1.807) is 41.3 Å². The van der Waals surface area contributed by atoms with Crippen molar-refractivity contribution >= 4 is 27.9 Å². The number of aromatic nitrogens is 3. The van der Waals surface area contributed by atoms with Crippen LogP contribution in [0.5, 0.6) is 0 Å². The number of hydrogen-bond donors (Lipinski definition) is 1. The van der Waals surface area contributed by atoms with Gasteiger partial charge < -0.3 is 14.3 Å². The standard InChI is InChI=1S/C21H20N4O4/c1-2-24(13-18-22-15-8-4-3-7-14(15)20(27)23-18)19(26)11-12-25-16-9-5-6-10-17(16)29-21(25)28/h3-10H,2,11-13H2,1H3,(H,22,23,27). The quantitative estimate of drug-likeness (QED) is 0.542. The number of aryl methyl sites for hydroxylation is 1. The fourth-order valence-electron chi connectivity index (χ4n) is 3.36. The molecule has 4 aromatic rings. The first-order valence-corrected chi connectivity index (χ1v) is 9.41. The lowest BCUT2D eigenvalue weighted by atomic mass is 10.2. The Balaban J connectivity index is 1.51. The van der Waals surface area contributed by atoms with Gasteiger partial charge in [-0.1, -0.05) is 24.3 Å². The summed E-state index contributed by atoms with van der Waals surface area (Å²) in [6, 6.07) is 14.2. The first-order valence-electron chi connectivity index (χ1n) is 9.41. The molecule has 0 aliphatic carbocycles. The van der Waals surface area contributed by atoms with Crippen molar-refractivity contribution in [1.29, 1.82) is 0 Å². The first-order chi connectivity index (χ1) is 14.1. The van der Waals surface area contributed by atoms with E-state index >= 15 is 0 Å². The van der Waals surface area contributed by atoms with E-state index in [9.17, 15) is 14.4 Å². The van der Waals surface area contributed by atoms with Gasteiger partial charge in [-0.25, -0.2) is 9.78 Å². The number of carbonyl (C=O) groups is 1. The normalized spacial score (nSPS) is 11.2. The number of benzene rings is 2. The van der Waals surface area contributed by atoms with Gasteiger partial charge in [0.25, 0.3) is 5.56 Å². The Labute approximate surface area is 165 Å². The zero-order valence-corrected chi connectivity index (χ0v) is 15.9. The predicted octanol–water partition coefficient (Wildman–Crippen LogP) is 2.27. The Bertz CT molecular complexity index is 1300. The van der Waals surface area contributed by atoms with Gasteiger partial charge in [0, 0.05) is 19.5 Å². The van der Waals surface area contributed by atoms with Gasteiger partial charge in [-0.15, -0.1) is 0 Å². The molecule has 0 atom stereocenters. The van der Waals surface area contributed by atoms with Gasteiger partial charge in [-0.3, -0.25) is 14.2 Å². The molecule has 1 amide bonds.